The van der Waals surface area contributed by atoms with Crippen LogP contribution in [-0.4, -0.2) is 15.7 Å². The van der Waals surface area contributed by atoms with Crippen LogP contribution in [0.25, 0.3) is 0 Å². The number of hydrogen-bond donors (Lipinski definition) is 0. The van der Waals surface area contributed by atoms with E-state index in [9.17, 15) is 23.7 Å². The first kappa shape index (κ1) is 14.5. The number of halogens is 2. The van der Waals surface area contributed by atoms with Crippen LogP contribution < -0.4 is 4.74 Å². The SMILES string of the molecule is CC(=O)c1ccc(Oc2cc(F)c([N+](=O)[O-])cc2F)cn1. The first-order chi connectivity index (χ1) is 9.88. The van der Waals surface area contributed by atoms with Gasteiger partial charge in [-0.15, -0.1) is 0 Å². The zero-order valence-corrected chi connectivity index (χ0v) is 10.7. The molecule has 0 N–H and O–H groups in total. The molecule has 2 rings (SSSR count). The number of Topliss-reactive ketones (excluding diaryl/α,β-unsaturated/α-hetero) is 1. The van der Waals surface area contributed by atoms with E-state index in [1.165, 1.54) is 19.1 Å². The second kappa shape index (κ2) is 5.61. The summed E-state index contributed by atoms with van der Waals surface area (Å²) >= 11 is 0. The van der Waals surface area contributed by atoms with Gasteiger partial charge in [0.25, 0.3) is 0 Å². The van der Waals surface area contributed by atoms with Crippen LogP contribution in [0, 0.1) is 21.7 Å². The lowest BCUT2D eigenvalue weighted by Crippen LogP contribution is -1.98. The summed E-state index contributed by atoms with van der Waals surface area (Å²) in [5, 5.41) is 10.5. The van der Waals surface area contributed by atoms with Crippen LogP contribution in [0.3, 0.4) is 0 Å². The molecular weight excluding hydrogens is 286 g/mol. The molecule has 0 saturated carbocycles. The second-order valence-corrected chi connectivity index (χ2v) is 4.03. The molecule has 0 saturated heterocycles. The molecule has 1 aromatic carbocycles. The minimum absolute atomic E-state index is 0.0622. The van der Waals surface area contributed by atoms with Crippen LogP contribution in [0.1, 0.15) is 17.4 Å². The number of aromatic nitrogens is 1. The van der Waals surface area contributed by atoms with E-state index in [2.05, 4.69) is 4.98 Å². The van der Waals surface area contributed by atoms with E-state index >= 15 is 0 Å². The van der Waals surface area contributed by atoms with Crippen molar-refractivity contribution in [2.24, 2.45) is 0 Å². The summed E-state index contributed by atoms with van der Waals surface area (Å²) in [5.74, 6) is -3.01. The van der Waals surface area contributed by atoms with Crippen molar-refractivity contribution >= 4 is 11.5 Å². The van der Waals surface area contributed by atoms with E-state index in [0.29, 0.717) is 12.1 Å². The van der Waals surface area contributed by atoms with E-state index in [1.54, 1.807) is 0 Å². The summed E-state index contributed by atoms with van der Waals surface area (Å²) in [6.45, 7) is 1.33. The summed E-state index contributed by atoms with van der Waals surface area (Å²) in [6, 6.07) is 3.72. The zero-order chi connectivity index (χ0) is 15.6. The first-order valence-electron chi connectivity index (χ1n) is 5.66. The summed E-state index contributed by atoms with van der Waals surface area (Å²) in [6.07, 6.45) is 1.16. The number of nitrogens with zero attached hydrogens (tertiary/aromatic N) is 2. The third-order valence-electron chi connectivity index (χ3n) is 2.52. The van der Waals surface area contributed by atoms with Crippen LogP contribution >= 0.6 is 0 Å². The van der Waals surface area contributed by atoms with Gasteiger partial charge in [-0.2, -0.15) is 4.39 Å². The van der Waals surface area contributed by atoms with Gasteiger partial charge in [0.1, 0.15) is 11.4 Å². The highest BCUT2D eigenvalue weighted by atomic mass is 19.1. The molecule has 6 nitrogen and oxygen atoms in total. The molecule has 8 heteroatoms. The minimum Gasteiger partial charge on any atom is -0.453 e. The monoisotopic (exact) mass is 294 g/mol. The van der Waals surface area contributed by atoms with E-state index in [1.807, 2.05) is 0 Å². The maximum Gasteiger partial charge on any atom is 0.307 e. The van der Waals surface area contributed by atoms with Gasteiger partial charge in [-0.25, -0.2) is 9.37 Å². The molecule has 21 heavy (non-hydrogen) atoms. The topological polar surface area (TPSA) is 82.3 Å². The highest BCUT2D eigenvalue weighted by Gasteiger charge is 2.19. The van der Waals surface area contributed by atoms with Crippen LogP contribution in [0.15, 0.2) is 30.5 Å². The van der Waals surface area contributed by atoms with E-state index in [0.717, 1.165) is 6.20 Å². The number of nitro groups is 1. The number of carbonyl (C=O) groups is 1. The van der Waals surface area contributed by atoms with E-state index in [4.69, 9.17) is 4.74 Å². The fourth-order valence-corrected chi connectivity index (χ4v) is 1.51. The average molecular weight is 294 g/mol. The van der Waals surface area contributed by atoms with Gasteiger partial charge < -0.3 is 4.74 Å². The Balaban J connectivity index is 2.29. The van der Waals surface area contributed by atoms with Gasteiger partial charge in [0.2, 0.25) is 5.82 Å². The Kier molecular flexibility index (Phi) is 3.88. The molecule has 0 radical (unpaired) electrons. The number of benzene rings is 1. The number of pyridine rings is 1. The van der Waals surface area contributed by atoms with Crippen LogP contribution in [0.2, 0.25) is 0 Å². The predicted octanol–water partition coefficient (Wildman–Crippen LogP) is 3.26. The number of ketones is 1. The molecule has 0 spiro atoms. The Morgan fingerprint density at radius 3 is 2.52 bits per heavy atom. The fourth-order valence-electron chi connectivity index (χ4n) is 1.51. The third-order valence-corrected chi connectivity index (χ3v) is 2.52. The van der Waals surface area contributed by atoms with Gasteiger partial charge >= 0.3 is 5.69 Å². The Morgan fingerprint density at radius 2 is 2.00 bits per heavy atom. The maximum absolute atomic E-state index is 13.6. The molecule has 0 unspecified atom stereocenters. The Bertz CT molecular complexity index is 717. The van der Waals surface area contributed by atoms with Crippen molar-refractivity contribution in [2.45, 2.75) is 6.92 Å². The largest absolute Gasteiger partial charge is 0.453 e. The van der Waals surface area contributed by atoms with E-state index in [-0.39, 0.29) is 17.2 Å². The predicted molar refractivity (Wildman–Crippen MR) is 67.3 cm³/mol. The van der Waals surface area contributed by atoms with Crippen LogP contribution in [0.4, 0.5) is 14.5 Å². The fraction of sp³-hybridized carbons (Fsp3) is 0.0769. The number of ether oxygens (including phenoxy) is 1. The van der Waals surface area contributed by atoms with Crippen molar-refractivity contribution in [1.29, 1.82) is 0 Å². The number of rotatable bonds is 4. The Labute approximate surface area is 117 Å². The quantitative estimate of drug-likeness (QED) is 0.491. The third kappa shape index (κ3) is 3.16. The van der Waals surface area contributed by atoms with Gasteiger partial charge in [0.05, 0.1) is 17.2 Å². The highest BCUT2D eigenvalue weighted by Crippen LogP contribution is 2.29. The Morgan fingerprint density at radius 1 is 1.29 bits per heavy atom. The first-order valence-corrected chi connectivity index (χ1v) is 5.66. The molecule has 0 atom stereocenters. The lowest BCUT2D eigenvalue weighted by atomic mass is 10.2. The summed E-state index contributed by atoms with van der Waals surface area (Å²) in [7, 11) is 0. The molecule has 108 valence electrons. The van der Waals surface area contributed by atoms with Crippen molar-refractivity contribution in [3.63, 3.8) is 0 Å². The molecule has 0 aliphatic heterocycles. The lowest BCUT2D eigenvalue weighted by Gasteiger charge is -2.07. The summed E-state index contributed by atoms with van der Waals surface area (Å²) < 4.78 is 32.1. The molecule has 0 bridgehead atoms. The van der Waals surface area contributed by atoms with E-state index < -0.39 is 28.0 Å². The zero-order valence-electron chi connectivity index (χ0n) is 10.7. The molecule has 0 amide bonds. The van der Waals surface area contributed by atoms with Crippen molar-refractivity contribution in [2.75, 3.05) is 0 Å². The lowest BCUT2D eigenvalue weighted by molar-refractivity contribution is -0.387. The molecule has 1 heterocycles. The van der Waals surface area contributed by atoms with Crippen molar-refractivity contribution in [3.05, 3.63) is 57.9 Å². The smallest absolute Gasteiger partial charge is 0.307 e. The molecule has 0 aliphatic rings. The van der Waals surface area contributed by atoms with Gasteiger partial charge in [-0.1, -0.05) is 0 Å². The van der Waals surface area contributed by atoms with Crippen molar-refractivity contribution in [1.82, 2.24) is 4.98 Å². The van der Waals surface area contributed by atoms with Gasteiger partial charge in [0, 0.05) is 13.0 Å². The molecular formula is C13H8F2N2O4. The Hall–Kier alpha value is -2.90. The van der Waals surface area contributed by atoms with Gasteiger partial charge in [0.15, 0.2) is 17.3 Å². The van der Waals surface area contributed by atoms with Crippen molar-refractivity contribution < 1.29 is 23.2 Å². The van der Waals surface area contributed by atoms with Crippen molar-refractivity contribution in [3.8, 4) is 11.5 Å². The second-order valence-electron chi connectivity index (χ2n) is 4.03. The number of carbonyl (C=O) groups excluding carboxylic acids is 1. The van der Waals surface area contributed by atoms with Gasteiger partial charge in [-0.3, -0.25) is 14.9 Å². The maximum atomic E-state index is 13.6. The summed E-state index contributed by atoms with van der Waals surface area (Å²) in [5.41, 5.74) is -0.789. The number of nitro benzene ring substituents is 1. The normalized spacial score (nSPS) is 10.2. The molecule has 0 aliphatic carbocycles. The molecule has 1 aromatic heterocycles. The molecule has 0 fully saturated rings. The minimum atomic E-state index is -1.22. The standard InChI is InChI=1S/C13H8F2N2O4/c1-7(18)11-3-2-8(6-16-11)21-13-5-9(14)12(17(19)20)4-10(13)15/h2-6H,1H3. The number of hydrogen-bond acceptors (Lipinski definition) is 5. The van der Waals surface area contributed by atoms with Crippen LogP contribution in [-0.2, 0) is 0 Å². The average Bonchev–Trinajstić information content (AvgIpc) is 2.42. The van der Waals surface area contributed by atoms with Crippen LogP contribution in [0.5, 0.6) is 11.5 Å². The molecule has 2 aromatic rings. The highest BCUT2D eigenvalue weighted by molar-refractivity contribution is 5.92. The van der Waals surface area contributed by atoms with Gasteiger partial charge in [-0.05, 0) is 12.1 Å². The summed E-state index contributed by atoms with van der Waals surface area (Å²) in [4.78, 5) is 24.2.